The number of hydrogen-bond donors (Lipinski definition) is 1. The van der Waals surface area contributed by atoms with Gasteiger partial charge in [-0.25, -0.2) is 4.79 Å². The minimum absolute atomic E-state index is 0.0254. The van der Waals surface area contributed by atoms with Gasteiger partial charge in [-0.05, 0) is 42.7 Å². The lowest BCUT2D eigenvalue weighted by molar-refractivity contribution is -0.384. The zero-order chi connectivity index (χ0) is 24.4. The molecular weight excluding hydrogens is 442 g/mol. The number of imide groups is 1. The topological polar surface area (TPSA) is 136 Å². The fraction of sp³-hybridized carbons (Fsp3) is 0.250. The molecule has 0 bridgehead atoms. The number of hydrogen-bond acceptors (Lipinski definition) is 7. The van der Waals surface area contributed by atoms with Crippen LogP contribution in [0, 0.1) is 27.9 Å². The quantitative estimate of drug-likeness (QED) is 0.229. The first-order valence-electron chi connectivity index (χ1n) is 10.6. The molecule has 2 aliphatic rings. The molecule has 34 heavy (non-hydrogen) atoms. The van der Waals surface area contributed by atoms with E-state index in [-0.39, 0.29) is 46.5 Å². The smallest absolute Gasteiger partial charge is 0.338 e. The molecule has 1 fully saturated rings. The van der Waals surface area contributed by atoms with Crippen molar-refractivity contribution in [1.82, 2.24) is 0 Å². The zero-order valence-corrected chi connectivity index (χ0v) is 18.2. The highest BCUT2D eigenvalue weighted by molar-refractivity contribution is 6.22. The Morgan fingerprint density at radius 3 is 2.56 bits per heavy atom. The molecule has 4 rings (SSSR count). The van der Waals surface area contributed by atoms with Gasteiger partial charge in [0.1, 0.15) is 0 Å². The van der Waals surface area contributed by atoms with E-state index in [1.165, 1.54) is 53.4 Å². The van der Waals surface area contributed by atoms with Crippen LogP contribution in [-0.2, 0) is 19.1 Å². The minimum atomic E-state index is -0.772. The first-order chi connectivity index (χ1) is 16.3. The van der Waals surface area contributed by atoms with Crippen LogP contribution in [0.4, 0.5) is 17.1 Å². The number of nitro benzene ring substituents is 1. The van der Waals surface area contributed by atoms with Crippen LogP contribution in [0.2, 0.25) is 0 Å². The van der Waals surface area contributed by atoms with Crippen LogP contribution in [-0.4, -0.2) is 35.2 Å². The molecular formula is C24H21N3O7. The van der Waals surface area contributed by atoms with Gasteiger partial charge < -0.3 is 10.1 Å². The van der Waals surface area contributed by atoms with Crippen LogP contribution >= 0.6 is 0 Å². The van der Waals surface area contributed by atoms with E-state index >= 15 is 0 Å². The molecule has 0 unspecified atom stereocenters. The van der Waals surface area contributed by atoms with E-state index in [2.05, 4.69) is 5.32 Å². The number of ether oxygens (including phenoxy) is 1. The Kier molecular flexibility index (Phi) is 6.22. The first-order valence-corrected chi connectivity index (χ1v) is 10.6. The highest BCUT2D eigenvalue weighted by Crippen LogP contribution is 2.40. The summed E-state index contributed by atoms with van der Waals surface area (Å²) in [5.41, 5.74) is 0.523. The van der Waals surface area contributed by atoms with Gasteiger partial charge in [0.2, 0.25) is 11.8 Å². The molecule has 0 spiro atoms. The van der Waals surface area contributed by atoms with Gasteiger partial charge >= 0.3 is 5.97 Å². The van der Waals surface area contributed by atoms with Gasteiger partial charge in [0.05, 0.1) is 28.0 Å². The van der Waals surface area contributed by atoms with E-state index in [1.54, 1.807) is 0 Å². The van der Waals surface area contributed by atoms with Crippen molar-refractivity contribution in [3.63, 3.8) is 0 Å². The van der Waals surface area contributed by atoms with Crippen molar-refractivity contribution < 1.29 is 28.8 Å². The van der Waals surface area contributed by atoms with Crippen LogP contribution in [0.15, 0.2) is 60.7 Å². The van der Waals surface area contributed by atoms with Gasteiger partial charge in [-0.3, -0.25) is 29.4 Å². The van der Waals surface area contributed by atoms with Crippen molar-refractivity contribution in [2.45, 2.75) is 13.3 Å². The van der Waals surface area contributed by atoms with E-state index in [0.717, 1.165) is 0 Å². The van der Waals surface area contributed by atoms with Gasteiger partial charge in [-0.15, -0.1) is 0 Å². The summed E-state index contributed by atoms with van der Waals surface area (Å²) in [7, 11) is 0. The molecule has 2 aromatic carbocycles. The molecule has 0 saturated carbocycles. The standard InChI is InChI=1S/C24H21N3O7/c1-14-4-2-7-19-21(14)23(30)26(22(19)29)17-10-8-15(9-11-17)24(31)34-13-20(28)25-16-5-3-6-18(12-16)27(32)33/h2-6,8-12,14,19,21H,7,13H2,1H3,(H,25,28)/t14-,19-,21-/m1/s1. The number of nitrogens with one attached hydrogen (secondary N) is 1. The number of carbonyl (C=O) groups is 4. The number of nitrogens with zero attached hydrogens (tertiary/aromatic N) is 2. The molecule has 3 atom stereocenters. The van der Waals surface area contributed by atoms with E-state index in [1.807, 2.05) is 19.1 Å². The Bertz CT molecular complexity index is 1210. The van der Waals surface area contributed by atoms with Gasteiger partial charge in [-0.1, -0.05) is 25.1 Å². The lowest BCUT2D eigenvalue weighted by atomic mass is 9.78. The van der Waals surface area contributed by atoms with E-state index < -0.39 is 23.4 Å². The first kappa shape index (κ1) is 22.8. The predicted molar refractivity (Wildman–Crippen MR) is 121 cm³/mol. The Balaban J connectivity index is 1.36. The number of anilines is 2. The molecule has 1 saturated heterocycles. The van der Waals surface area contributed by atoms with E-state index in [4.69, 9.17) is 4.74 Å². The molecule has 10 nitrogen and oxygen atoms in total. The third kappa shape index (κ3) is 4.42. The van der Waals surface area contributed by atoms with Crippen LogP contribution in [0.5, 0.6) is 0 Å². The van der Waals surface area contributed by atoms with Gasteiger partial charge in [0.15, 0.2) is 6.61 Å². The van der Waals surface area contributed by atoms with Crippen molar-refractivity contribution >= 4 is 40.8 Å². The summed E-state index contributed by atoms with van der Waals surface area (Å²) < 4.78 is 5.00. The Labute approximate surface area is 194 Å². The molecule has 1 aliphatic heterocycles. The maximum Gasteiger partial charge on any atom is 0.338 e. The monoisotopic (exact) mass is 463 g/mol. The Morgan fingerprint density at radius 1 is 1.15 bits per heavy atom. The Hall–Kier alpha value is -4.34. The van der Waals surface area contributed by atoms with Crippen LogP contribution in [0.3, 0.4) is 0 Å². The lowest BCUT2D eigenvalue weighted by Gasteiger charge is -2.22. The Morgan fingerprint density at radius 2 is 1.88 bits per heavy atom. The van der Waals surface area contributed by atoms with Crippen molar-refractivity contribution in [2.24, 2.45) is 17.8 Å². The predicted octanol–water partition coefficient (Wildman–Crippen LogP) is 3.09. The summed E-state index contributed by atoms with van der Waals surface area (Å²) in [5, 5.41) is 13.2. The van der Waals surface area contributed by atoms with Gasteiger partial charge in [0.25, 0.3) is 11.6 Å². The summed E-state index contributed by atoms with van der Waals surface area (Å²) in [6, 6.07) is 11.2. The van der Waals surface area contributed by atoms with Crippen molar-refractivity contribution in [2.75, 3.05) is 16.8 Å². The number of rotatable bonds is 6. The van der Waals surface area contributed by atoms with Crippen LogP contribution < -0.4 is 10.2 Å². The van der Waals surface area contributed by atoms with Crippen LogP contribution in [0.1, 0.15) is 23.7 Å². The fourth-order valence-electron chi connectivity index (χ4n) is 4.26. The summed E-state index contributed by atoms with van der Waals surface area (Å²) in [6.45, 7) is 1.32. The summed E-state index contributed by atoms with van der Waals surface area (Å²) in [6.07, 6.45) is 4.40. The van der Waals surface area contributed by atoms with Crippen molar-refractivity contribution in [3.05, 3.63) is 76.4 Å². The van der Waals surface area contributed by atoms with Crippen molar-refractivity contribution in [3.8, 4) is 0 Å². The molecule has 10 heteroatoms. The number of carbonyl (C=O) groups excluding carboxylic acids is 4. The highest BCUT2D eigenvalue weighted by Gasteiger charge is 2.50. The summed E-state index contributed by atoms with van der Waals surface area (Å²) in [5.74, 6) is -2.72. The lowest BCUT2D eigenvalue weighted by Crippen LogP contribution is -2.31. The average Bonchev–Trinajstić information content (AvgIpc) is 3.08. The van der Waals surface area contributed by atoms with Gasteiger partial charge in [-0.2, -0.15) is 0 Å². The zero-order valence-electron chi connectivity index (χ0n) is 18.2. The number of esters is 1. The molecule has 2 aromatic rings. The molecule has 1 N–H and O–H groups in total. The molecule has 174 valence electrons. The second kappa shape index (κ2) is 9.26. The third-order valence-electron chi connectivity index (χ3n) is 5.91. The molecule has 3 amide bonds. The second-order valence-corrected chi connectivity index (χ2v) is 8.15. The SMILES string of the molecule is C[C@@H]1C=CC[C@H]2C(=O)N(c3ccc(C(=O)OCC(=O)Nc4cccc([N+](=O)[O-])c4)cc3)C(=O)[C@H]12. The van der Waals surface area contributed by atoms with Crippen molar-refractivity contribution in [1.29, 1.82) is 0 Å². The molecule has 0 radical (unpaired) electrons. The second-order valence-electron chi connectivity index (χ2n) is 8.15. The number of fused-ring (bicyclic) bond motifs is 1. The number of allylic oxidation sites excluding steroid dienone is 2. The maximum atomic E-state index is 12.9. The number of benzene rings is 2. The minimum Gasteiger partial charge on any atom is -0.452 e. The maximum absolute atomic E-state index is 12.9. The van der Waals surface area contributed by atoms with E-state index in [9.17, 15) is 29.3 Å². The number of nitro groups is 1. The van der Waals surface area contributed by atoms with E-state index in [0.29, 0.717) is 12.1 Å². The molecule has 1 heterocycles. The number of amides is 3. The van der Waals surface area contributed by atoms with Gasteiger partial charge in [0, 0.05) is 17.8 Å². The average molecular weight is 463 g/mol. The third-order valence-corrected chi connectivity index (χ3v) is 5.91. The summed E-state index contributed by atoms with van der Waals surface area (Å²) >= 11 is 0. The molecule has 1 aliphatic carbocycles. The van der Waals surface area contributed by atoms with Crippen LogP contribution in [0.25, 0.3) is 0 Å². The number of non-ortho nitro benzene ring substituents is 1. The summed E-state index contributed by atoms with van der Waals surface area (Å²) in [4.78, 5) is 61.4. The largest absolute Gasteiger partial charge is 0.452 e. The fourth-order valence-corrected chi connectivity index (χ4v) is 4.26. The molecule has 0 aromatic heterocycles. The highest BCUT2D eigenvalue weighted by atomic mass is 16.6. The normalized spacial score (nSPS) is 21.2.